The number of anilines is 2. The van der Waals surface area contributed by atoms with Crippen LogP contribution in [0.15, 0.2) is 41.7 Å². The molecule has 0 aliphatic carbocycles. The van der Waals surface area contributed by atoms with E-state index in [1.165, 1.54) is 0 Å². The van der Waals surface area contributed by atoms with Crippen LogP contribution in [-0.4, -0.2) is 55.7 Å². The van der Waals surface area contributed by atoms with Gasteiger partial charge in [-0.2, -0.15) is 0 Å². The molecule has 0 spiro atoms. The van der Waals surface area contributed by atoms with Crippen molar-refractivity contribution in [2.45, 2.75) is 0 Å². The highest BCUT2D eigenvalue weighted by molar-refractivity contribution is 5.88. The predicted octanol–water partition coefficient (Wildman–Crippen LogP) is 0.620. The van der Waals surface area contributed by atoms with E-state index in [1.54, 1.807) is 12.5 Å². The quantitative estimate of drug-likeness (QED) is 0.557. The summed E-state index contributed by atoms with van der Waals surface area (Å²) < 4.78 is 1.87. The minimum atomic E-state index is -0.177. The molecule has 1 saturated heterocycles. The van der Waals surface area contributed by atoms with Crippen LogP contribution < -0.4 is 15.5 Å². The first-order valence-corrected chi connectivity index (χ1v) is 8.15. The van der Waals surface area contributed by atoms with Gasteiger partial charge in [-0.05, 0) is 12.1 Å². The van der Waals surface area contributed by atoms with Crippen LogP contribution in [0.2, 0.25) is 0 Å². The molecule has 9 heteroatoms. The Labute approximate surface area is 141 Å². The zero-order chi connectivity index (χ0) is 16.8. The summed E-state index contributed by atoms with van der Waals surface area (Å²) in [6.45, 7) is 3.32. The van der Waals surface area contributed by atoms with E-state index in [2.05, 4.69) is 34.9 Å². The maximum atomic E-state index is 11.6. The summed E-state index contributed by atoms with van der Waals surface area (Å²) in [6, 6.07) is 5.91. The van der Waals surface area contributed by atoms with Crippen LogP contribution in [0.4, 0.5) is 11.5 Å². The summed E-state index contributed by atoms with van der Waals surface area (Å²) in [6.07, 6.45) is 5.29. The normalized spacial score (nSPS) is 15.4. The Morgan fingerprint density at radius 2 is 1.88 bits per heavy atom. The van der Waals surface area contributed by atoms with Crippen molar-refractivity contribution in [3.05, 3.63) is 47.4 Å². The molecule has 0 radical (unpaired) electrons. The summed E-state index contributed by atoms with van der Waals surface area (Å²) in [4.78, 5) is 26.3. The van der Waals surface area contributed by atoms with Gasteiger partial charge in [-0.25, -0.2) is 9.78 Å². The number of hydrogen-bond acceptors (Lipinski definition) is 6. The predicted molar refractivity (Wildman–Crippen MR) is 94.1 cm³/mol. The number of hydrogen-bond donors (Lipinski definition) is 2. The molecular weight excluding hydrogens is 320 g/mol. The Balaban J connectivity index is 1.42. The van der Waals surface area contributed by atoms with E-state index in [0.29, 0.717) is 0 Å². The van der Waals surface area contributed by atoms with Crippen molar-refractivity contribution in [2.75, 3.05) is 36.0 Å². The van der Waals surface area contributed by atoms with Crippen molar-refractivity contribution in [3.63, 3.8) is 0 Å². The second-order valence-corrected chi connectivity index (χ2v) is 6.07. The molecule has 1 aliphatic heterocycles. The van der Waals surface area contributed by atoms with Crippen LogP contribution in [0.5, 0.6) is 0 Å². The number of aromatic amines is 2. The van der Waals surface area contributed by atoms with Gasteiger partial charge in [-0.15, -0.1) is 10.2 Å². The van der Waals surface area contributed by atoms with Gasteiger partial charge in [0.15, 0.2) is 5.82 Å². The van der Waals surface area contributed by atoms with E-state index in [-0.39, 0.29) is 5.69 Å². The molecule has 4 aromatic rings. The Bertz CT molecular complexity index is 1100. The first-order chi connectivity index (χ1) is 12.3. The van der Waals surface area contributed by atoms with Crippen molar-refractivity contribution >= 4 is 28.2 Å². The first-order valence-electron chi connectivity index (χ1n) is 8.15. The summed E-state index contributed by atoms with van der Waals surface area (Å²) in [5, 5.41) is 8.12. The van der Waals surface area contributed by atoms with Crippen LogP contribution in [0.1, 0.15) is 0 Å². The van der Waals surface area contributed by atoms with Gasteiger partial charge in [0, 0.05) is 38.6 Å². The molecular formula is C16H16N8O. The maximum Gasteiger partial charge on any atom is 0.323 e. The van der Waals surface area contributed by atoms with Crippen LogP contribution in [0.3, 0.4) is 0 Å². The van der Waals surface area contributed by atoms with Crippen molar-refractivity contribution in [1.29, 1.82) is 0 Å². The zero-order valence-corrected chi connectivity index (χ0v) is 13.4. The third kappa shape index (κ3) is 2.24. The number of piperazine rings is 1. The molecule has 25 heavy (non-hydrogen) atoms. The summed E-state index contributed by atoms with van der Waals surface area (Å²) in [5.74, 6) is 0.855. The molecule has 4 heterocycles. The number of nitrogens with one attached hydrogen (secondary N) is 2. The number of imidazole rings is 1. The minimum Gasteiger partial charge on any atom is -0.366 e. The number of aromatic nitrogens is 6. The first kappa shape index (κ1) is 14.0. The molecule has 0 amide bonds. The average molecular weight is 336 g/mol. The monoisotopic (exact) mass is 336 g/mol. The van der Waals surface area contributed by atoms with Gasteiger partial charge in [0.2, 0.25) is 5.65 Å². The fourth-order valence-corrected chi connectivity index (χ4v) is 3.43. The highest BCUT2D eigenvalue weighted by Gasteiger charge is 2.22. The lowest BCUT2D eigenvalue weighted by atomic mass is 10.2. The van der Waals surface area contributed by atoms with Gasteiger partial charge in [0.1, 0.15) is 6.33 Å². The van der Waals surface area contributed by atoms with Gasteiger partial charge in [0.05, 0.1) is 16.7 Å². The number of benzene rings is 1. The molecule has 5 rings (SSSR count). The van der Waals surface area contributed by atoms with Crippen LogP contribution in [-0.2, 0) is 0 Å². The molecule has 0 unspecified atom stereocenters. The Kier molecular flexibility index (Phi) is 2.99. The number of nitrogens with zero attached hydrogens (tertiary/aromatic N) is 6. The van der Waals surface area contributed by atoms with Gasteiger partial charge in [0.25, 0.3) is 0 Å². The smallest absolute Gasteiger partial charge is 0.323 e. The van der Waals surface area contributed by atoms with E-state index in [9.17, 15) is 4.79 Å². The van der Waals surface area contributed by atoms with Crippen LogP contribution in [0, 0.1) is 0 Å². The van der Waals surface area contributed by atoms with Crippen LogP contribution >= 0.6 is 0 Å². The Morgan fingerprint density at radius 1 is 1.04 bits per heavy atom. The fraction of sp³-hybridized carbons (Fsp3) is 0.250. The van der Waals surface area contributed by atoms with Gasteiger partial charge < -0.3 is 19.8 Å². The van der Waals surface area contributed by atoms with Crippen molar-refractivity contribution in [1.82, 2.24) is 29.5 Å². The van der Waals surface area contributed by atoms with Crippen molar-refractivity contribution < 1.29 is 0 Å². The Hall–Kier alpha value is -3.36. The van der Waals surface area contributed by atoms with Crippen LogP contribution in [0.25, 0.3) is 16.7 Å². The molecule has 0 saturated carbocycles. The average Bonchev–Trinajstić information content (AvgIpc) is 3.26. The standard InChI is InChI=1S/C16H16N8O/c25-16-19-11-2-1-3-12(13(11)20-16)22-6-8-23(9-7-22)14-15-21-18-10-24(15)5-4-17-14/h1-5,10H,6-9H2,(H2,19,20,25). The Morgan fingerprint density at radius 3 is 2.76 bits per heavy atom. The van der Waals surface area contributed by atoms with E-state index >= 15 is 0 Å². The number of fused-ring (bicyclic) bond motifs is 2. The van der Waals surface area contributed by atoms with Crippen molar-refractivity contribution in [3.8, 4) is 0 Å². The number of H-pyrrole nitrogens is 2. The molecule has 1 fully saturated rings. The molecule has 126 valence electrons. The zero-order valence-electron chi connectivity index (χ0n) is 13.4. The van der Waals surface area contributed by atoms with Gasteiger partial charge in [-0.3, -0.25) is 4.40 Å². The van der Waals surface area contributed by atoms with E-state index in [1.807, 2.05) is 28.8 Å². The largest absolute Gasteiger partial charge is 0.366 e. The van der Waals surface area contributed by atoms with Gasteiger partial charge >= 0.3 is 5.69 Å². The summed E-state index contributed by atoms with van der Waals surface area (Å²) >= 11 is 0. The van der Waals surface area contributed by atoms with E-state index in [0.717, 1.165) is 54.4 Å². The minimum absolute atomic E-state index is 0.177. The maximum absolute atomic E-state index is 11.6. The molecule has 0 atom stereocenters. The second-order valence-electron chi connectivity index (χ2n) is 6.07. The number of rotatable bonds is 2. The van der Waals surface area contributed by atoms with Gasteiger partial charge in [-0.1, -0.05) is 6.07 Å². The summed E-state index contributed by atoms with van der Waals surface area (Å²) in [7, 11) is 0. The molecule has 0 bridgehead atoms. The fourth-order valence-electron chi connectivity index (χ4n) is 3.43. The molecule has 9 nitrogen and oxygen atoms in total. The highest BCUT2D eigenvalue weighted by atomic mass is 16.1. The lowest BCUT2D eigenvalue weighted by Crippen LogP contribution is -2.47. The number of para-hydroxylation sites is 1. The topological polar surface area (TPSA) is 98.2 Å². The second kappa shape index (κ2) is 5.33. The highest BCUT2D eigenvalue weighted by Crippen LogP contribution is 2.26. The lowest BCUT2D eigenvalue weighted by Gasteiger charge is -2.36. The van der Waals surface area contributed by atoms with E-state index < -0.39 is 0 Å². The molecule has 1 aliphatic rings. The summed E-state index contributed by atoms with van der Waals surface area (Å²) in [5.41, 5.74) is 3.33. The van der Waals surface area contributed by atoms with E-state index in [4.69, 9.17) is 0 Å². The third-order valence-corrected chi connectivity index (χ3v) is 4.65. The third-order valence-electron chi connectivity index (χ3n) is 4.65. The molecule has 1 aromatic carbocycles. The molecule has 2 N–H and O–H groups in total. The molecule has 3 aromatic heterocycles. The lowest BCUT2D eigenvalue weighted by molar-refractivity contribution is 0.648. The van der Waals surface area contributed by atoms with Crippen molar-refractivity contribution in [2.24, 2.45) is 0 Å². The SMILES string of the molecule is O=c1[nH]c2cccc(N3CCN(c4nccn5cnnc45)CC3)c2[nH]1.